The Hall–Kier alpha value is -1.97. The van der Waals surface area contributed by atoms with E-state index >= 15 is 0 Å². The number of methoxy groups -OCH3 is 1. The fraction of sp³-hybridized carbons (Fsp3) is 0.182. The van der Waals surface area contributed by atoms with Crippen molar-refractivity contribution in [3.63, 3.8) is 0 Å². The second kappa shape index (κ2) is 4.04. The van der Waals surface area contributed by atoms with E-state index in [-0.39, 0.29) is 0 Å². The minimum atomic E-state index is 0.795. The van der Waals surface area contributed by atoms with Crippen LogP contribution < -0.4 is 10.1 Å². The third-order valence-electron chi connectivity index (χ3n) is 2.22. The topological polar surface area (TPSA) is 39.1 Å². The first kappa shape index (κ1) is 9.58. The summed E-state index contributed by atoms with van der Waals surface area (Å²) in [7, 11) is 3.52. The molecule has 0 unspecified atom stereocenters. The molecule has 0 bridgehead atoms. The van der Waals surface area contributed by atoms with Crippen LogP contribution in [0.25, 0.3) is 5.69 Å². The van der Waals surface area contributed by atoms with E-state index in [0.717, 1.165) is 17.1 Å². The van der Waals surface area contributed by atoms with E-state index in [9.17, 15) is 0 Å². The van der Waals surface area contributed by atoms with Crippen LogP contribution in [-0.4, -0.2) is 23.9 Å². The van der Waals surface area contributed by atoms with E-state index in [1.807, 2.05) is 37.5 Å². The van der Waals surface area contributed by atoms with Gasteiger partial charge in [-0.2, -0.15) is 5.10 Å². The third kappa shape index (κ3) is 1.66. The van der Waals surface area contributed by atoms with Gasteiger partial charge in [-0.15, -0.1) is 0 Å². The van der Waals surface area contributed by atoms with Gasteiger partial charge in [0.15, 0.2) is 5.75 Å². The van der Waals surface area contributed by atoms with Gasteiger partial charge in [-0.3, -0.25) is 0 Å². The Bertz CT molecular complexity index is 437. The van der Waals surface area contributed by atoms with Gasteiger partial charge in [0.05, 0.1) is 12.8 Å². The number of anilines is 1. The van der Waals surface area contributed by atoms with E-state index in [1.54, 1.807) is 18.0 Å². The molecule has 15 heavy (non-hydrogen) atoms. The number of para-hydroxylation sites is 1. The standard InChI is InChI=1S/C11H13N3O/c1-12-9-5-3-6-10(11(9)15-2)14-8-4-7-13-14/h3-8,12H,1-2H3. The molecular formula is C11H13N3O. The molecule has 78 valence electrons. The molecule has 0 saturated carbocycles. The molecule has 0 aliphatic rings. The van der Waals surface area contributed by atoms with Gasteiger partial charge in [0.25, 0.3) is 0 Å². The Morgan fingerprint density at radius 2 is 2.20 bits per heavy atom. The Balaban J connectivity index is 2.56. The first-order valence-corrected chi connectivity index (χ1v) is 4.71. The Kier molecular flexibility index (Phi) is 2.58. The van der Waals surface area contributed by atoms with Crippen molar-refractivity contribution in [2.45, 2.75) is 0 Å². The Morgan fingerprint density at radius 1 is 1.33 bits per heavy atom. The molecule has 0 aliphatic heterocycles. The molecule has 0 fully saturated rings. The van der Waals surface area contributed by atoms with E-state index in [0.29, 0.717) is 0 Å². The molecule has 0 amide bonds. The summed E-state index contributed by atoms with van der Waals surface area (Å²) in [6.45, 7) is 0. The van der Waals surface area contributed by atoms with Gasteiger partial charge in [0.1, 0.15) is 5.69 Å². The molecule has 1 N–H and O–H groups in total. The molecule has 2 aromatic rings. The van der Waals surface area contributed by atoms with Crippen molar-refractivity contribution in [3.8, 4) is 11.4 Å². The number of rotatable bonds is 3. The summed E-state index contributed by atoms with van der Waals surface area (Å²) in [4.78, 5) is 0. The van der Waals surface area contributed by atoms with Crippen molar-refractivity contribution in [2.75, 3.05) is 19.5 Å². The monoisotopic (exact) mass is 203 g/mol. The van der Waals surface area contributed by atoms with Gasteiger partial charge < -0.3 is 10.1 Å². The number of nitrogens with one attached hydrogen (secondary N) is 1. The maximum atomic E-state index is 5.37. The molecule has 0 saturated heterocycles. The summed E-state index contributed by atoms with van der Waals surface area (Å²) in [5, 5.41) is 7.26. The van der Waals surface area contributed by atoms with Gasteiger partial charge in [0.2, 0.25) is 0 Å². The third-order valence-corrected chi connectivity index (χ3v) is 2.22. The van der Waals surface area contributed by atoms with Crippen LogP contribution in [0.15, 0.2) is 36.7 Å². The smallest absolute Gasteiger partial charge is 0.167 e. The van der Waals surface area contributed by atoms with Crippen LogP contribution in [-0.2, 0) is 0 Å². The van der Waals surface area contributed by atoms with Crippen molar-refractivity contribution in [3.05, 3.63) is 36.7 Å². The molecule has 1 heterocycles. The van der Waals surface area contributed by atoms with Crippen molar-refractivity contribution >= 4 is 5.69 Å². The predicted molar refractivity (Wildman–Crippen MR) is 59.7 cm³/mol. The lowest BCUT2D eigenvalue weighted by Gasteiger charge is -2.12. The fourth-order valence-electron chi connectivity index (χ4n) is 1.53. The second-order valence-electron chi connectivity index (χ2n) is 3.06. The van der Waals surface area contributed by atoms with Gasteiger partial charge >= 0.3 is 0 Å². The zero-order valence-corrected chi connectivity index (χ0v) is 8.77. The summed E-state index contributed by atoms with van der Waals surface area (Å²) in [6.07, 6.45) is 3.63. The predicted octanol–water partition coefficient (Wildman–Crippen LogP) is 1.92. The molecule has 4 heteroatoms. The Labute approximate surface area is 88.5 Å². The van der Waals surface area contributed by atoms with Crippen LogP contribution in [0.5, 0.6) is 5.75 Å². The molecule has 1 aromatic carbocycles. The molecule has 1 aromatic heterocycles. The summed E-state index contributed by atoms with van der Waals surface area (Å²) in [5.41, 5.74) is 1.87. The van der Waals surface area contributed by atoms with Gasteiger partial charge in [0, 0.05) is 19.4 Å². The molecule has 2 rings (SSSR count). The maximum Gasteiger partial charge on any atom is 0.167 e. The number of ether oxygens (including phenoxy) is 1. The molecule has 4 nitrogen and oxygen atoms in total. The lowest BCUT2D eigenvalue weighted by atomic mass is 10.2. The van der Waals surface area contributed by atoms with Crippen LogP contribution in [0.1, 0.15) is 0 Å². The van der Waals surface area contributed by atoms with Crippen LogP contribution in [0.2, 0.25) is 0 Å². The lowest BCUT2D eigenvalue weighted by Crippen LogP contribution is -2.01. The van der Waals surface area contributed by atoms with Crippen LogP contribution in [0.3, 0.4) is 0 Å². The summed E-state index contributed by atoms with van der Waals surface area (Å²) in [6, 6.07) is 7.77. The summed E-state index contributed by atoms with van der Waals surface area (Å²) >= 11 is 0. The van der Waals surface area contributed by atoms with E-state index < -0.39 is 0 Å². The zero-order valence-electron chi connectivity index (χ0n) is 8.77. The van der Waals surface area contributed by atoms with Crippen molar-refractivity contribution in [1.82, 2.24) is 9.78 Å². The van der Waals surface area contributed by atoms with E-state index in [4.69, 9.17) is 4.74 Å². The summed E-state index contributed by atoms with van der Waals surface area (Å²) in [5.74, 6) is 0.795. The number of aromatic nitrogens is 2. The Morgan fingerprint density at radius 3 is 2.80 bits per heavy atom. The average Bonchev–Trinajstić information content (AvgIpc) is 2.81. The van der Waals surface area contributed by atoms with Gasteiger partial charge in [-0.05, 0) is 18.2 Å². The zero-order chi connectivity index (χ0) is 10.7. The first-order valence-electron chi connectivity index (χ1n) is 4.71. The normalized spacial score (nSPS) is 10.0. The van der Waals surface area contributed by atoms with Gasteiger partial charge in [-0.1, -0.05) is 6.07 Å². The second-order valence-corrected chi connectivity index (χ2v) is 3.06. The number of hydrogen-bond donors (Lipinski definition) is 1. The molecule has 0 atom stereocenters. The van der Waals surface area contributed by atoms with Crippen molar-refractivity contribution < 1.29 is 4.74 Å². The molecular weight excluding hydrogens is 190 g/mol. The highest BCUT2D eigenvalue weighted by atomic mass is 16.5. The summed E-state index contributed by atoms with van der Waals surface area (Å²) < 4.78 is 7.15. The van der Waals surface area contributed by atoms with Gasteiger partial charge in [-0.25, -0.2) is 4.68 Å². The minimum absolute atomic E-state index is 0.795. The molecule has 0 radical (unpaired) electrons. The fourth-order valence-corrected chi connectivity index (χ4v) is 1.53. The maximum absolute atomic E-state index is 5.37. The number of hydrogen-bond acceptors (Lipinski definition) is 3. The first-order chi connectivity index (χ1) is 7.36. The van der Waals surface area contributed by atoms with Crippen LogP contribution in [0.4, 0.5) is 5.69 Å². The lowest BCUT2D eigenvalue weighted by molar-refractivity contribution is 0.413. The van der Waals surface area contributed by atoms with Crippen LogP contribution >= 0.6 is 0 Å². The van der Waals surface area contributed by atoms with Crippen molar-refractivity contribution in [2.24, 2.45) is 0 Å². The highest BCUT2D eigenvalue weighted by Gasteiger charge is 2.08. The highest BCUT2D eigenvalue weighted by Crippen LogP contribution is 2.30. The van der Waals surface area contributed by atoms with E-state index in [2.05, 4.69) is 10.4 Å². The largest absolute Gasteiger partial charge is 0.492 e. The van der Waals surface area contributed by atoms with Crippen molar-refractivity contribution in [1.29, 1.82) is 0 Å². The number of benzene rings is 1. The molecule has 0 aliphatic carbocycles. The quantitative estimate of drug-likeness (QED) is 0.828. The minimum Gasteiger partial charge on any atom is -0.492 e. The number of nitrogens with zero attached hydrogens (tertiary/aromatic N) is 2. The highest BCUT2D eigenvalue weighted by molar-refractivity contribution is 5.65. The molecule has 0 spiro atoms. The average molecular weight is 203 g/mol. The SMILES string of the molecule is CNc1cccc(-n2cccn2)c1OC. The van der Waals surface area contributed by atoms with Crippen LogP contribution in [0, 0.1) is 0 Å². The van der Waals surface area contributed by atoms with E-state index in [1.165, 1.54) is 0 Å².